The van der Waals surface area contributed by atoms with Crippen LogP contribution in [0, 0.1) is 0 Å². The molecule has 0 unspecified atom stereocenters. The van der Waals surface area contributed by atoms with E-state index in [1.54, 1.807) is 29.4 Å². The lowest BCUT2D eigenvalue weighted by molar-refractivity contribution is -0.116. The van der Waals surface area contributed by atoms with Crippen molar-refractivity contribution in [3.05, 3.63) is 47.2 Å². The third kappa shape index (κ3) is 3.16. The first-order chi connectivity index (χ1) is 12.6. The number of carbonyl (C=O) groups excluding carboxylic acids is 2. The number of hydrogen-bond donors (Lipinski definition) is 0. The van der Waals surface area contributed by atoms with Crippen LogP contribution in [-0.4, -0.2) is 52.5 Å². The van der Waals surface area contributed by atoms with Gasteiger partial charge in [-0.05, 0) is 40.9 Å². The Labute approximate surface area is 159 Å². The Hall–Kier alpha value is -2.48. The van der Waals surface area contributed by atoms with Gasteiger partial charge in [-0.3, -0.25) is 4.79 Å². The van der Waals surface area contributed by atoms with Crippen LogP contribution in [0.3, 0.4) is 0 Å². The van der Waals surface area contributed by atoms with E-state index in [1.807, 2.05) is 18.2 Å². The van der Waals surface area contributed by atoms with Gasteiger partial charge in [0.25, 0.3) is 5.91 Å². The Kier molecular flexibility index (Phi) is 4.58. The number of imide groups is 1. The number of aromatic nitrogens is 2. The highest BCUT2D eigenvalue weighted by Crippen LogP contribution is 2.27. The molecule has 0 atom stereocenters. The normalized spacial score (nSPS) is 18.7. The van der Waals surface area contributed by atoms with Crippen molar-refractivity contribution >= 4 is 39.5 Å². The van der Waals surface area contributed by atoms with Gasteiger partial charge in [-0.15, -0.1) is 0 Å². The summed E-state index contributed by atoms with van der Waals surface area (Å²) in [6.07, 6.45) is 5.05. The summed E-state index contributed by atoms with van der Waals surface area (Å²) in [5.41, 5.74) is 0.630. The van der Waals surface area contributed by atoms with Crippen LogP contribution in [0.25, 0.3) is 0 Å². The Morgan fingerprint density at radius 2 is 1.65 bits per heavy atom. The van der Waals surface area contributed by atoms with Crippen LogP contribution in [0.15, 0.2) is 47.2 Å². The molecule has 2 fully saturated rings. The summed E-state index contributed by atoms with van der Waals surface area (Å²) in [5.74, 6) is 0.529. The van der Waals surface area contributed by atoms with E-state index in [9.17, 15) is 9.59 Å². The van der Waals surface area contributed by atoms with Crippen LogP contribution >= 0.6 is 15.9 Å². The summed E-state index contributed by atoms with van der Waals surface area (Å²) < 4.78 is 0.846. The van der Waals surface area contributed by atoms with Gasteiger partial charge in [-0.25, -0.2) is 19.7 Å². The van der Waals surface area contributed by atoms with Gasteiger partial charge in [0.15, 0.2) is 0 Å². The van der Waals surface area contributed by atoms with Crippen molar-refractivity contribution in [2.45, 2.75) is 18.9 Å². The fourth-order valence-corrected chi connectivity index (χ4v) is 3.69. The summed E-state index contributed by atoms with van der Waals surface area (Å²) in [6.45, 7) is 1.67. The maximum atomic E-state index is 12.8. The fraction of sp³-hybridized carbons (Fsp3) is 0.333. The summed E-state index contributed by atoms with van der Waals surface area (Å²) >= 11 is 3.34. The number of rotatable bonds is 3. The molecule has 4 rings (SSSR count). The molecule has 2 aromatic rings. The predicted molar refractivity (Wildman–Crippen MR) is 101 cm³/mol. The molecule has 0 radical (unpaired) electrons. The maximum absolute atomic E-state index is 12.8. The van der Waals surface area contributed by atoms with Gasteiger partial charge >= 0.3 is 6.03 Å². The number of nitrogens with zero attached hydrogens (tertiary/aromatic N) is 5. The highest BCUT2D eigenvalue weighted by Gasteiger charge is 2.41. The summed E-state index contributed by atoms with van der Waals surface area (Å²) in [7, 11) is 0. The molecule has 8 heteroatoms. The third-order valence-electron chi connectivity index (χ3n) is 4.80. The average Bonchev–Trinajstić information content (AvgIpc) is 2.97. The third-order valence-corrected chi connectivity index (χ3v) is 5.21. The number of benzene rings is 1. The van der Waals surface area contributed by atoms with Crippen molar-refractivity contribution < 1.29 is 9.59 Å². The van der Waals surface area contributed by atoms with Gasteiger partial charge in [-0.1, -0.05) is 18.2 Å². The van der Waals surface area contributed by atoms with Crippen LogP contribution in [0.1, 0.15) is 12.8 Å². The second kappa shape index (κ2) is 7.03. The molecule has 3 amide bonds. The molecular weight excluding hydrogens is 398 g/mol. The van der Waals surface area contributed by atoms with Crippen LogP contribution in [0.2, 0.25) is 0 Å². The van der Waals surface area contributed by atoms with Crippen LogP contribution in [0.5, 0.6) is 0 Å². The minimum Gasteiger partial charge on any atom is -0.341 e. The molecule has 2 aliphatic heterocycles. The first-order valence-electron chi connectivity index (χ1n) is 8.54. The number of piperidine rings is 1. The molecule has 0 spiro atoms. The molecule has 1 aromatic heterocycles. The number of anilines is 2. The van der Waals surface area contributed by atoms with Gasteiger partial charge in [0, 0.05) is 31.5 Å². The lowest BCUT2D eigenvalue weighted by atomic mass is 10.0. The largest absolute Gasteiger partial charge is 0.341 e. The highest BCUT2D eigenvalue weighted by molar-refractivity contribution is 9.10. The molecule has 7 nitrogen and oxygen atoms in total. The standard InChI is InChI=1S/C18H18BrN5O2/c19-13-10-20-17(21-11-13)22-8-6-14(7-9-22)23-12-16(25)24(18(23)26)15-4-2-1-3-5-15/h1-5,10-11,14H,6-9,12H2. The number of urea groups is 1. The minimum absolute atomic E-state index is 0.0619. The molecule has 1 aromatic carbocycles. The molecule has 0 saturated carbocycles. The molecule has 134 valence electrons. The molecule has 26 heavy (non-hydrogen) atoms. The summed E-state index contributed by atoms with van der Waals surface area (Å²) in [6, 6.07) is 8.93. The van der Waals surface area contributed by atoms with Gasteiger partial charge < -0.3 is 9.80 Å². The minimum atomic E-state index is -0.223. The second-order valence-electron chi connectivity index (χ2n) is 6.39. The van der Waals surface area contributed by atoms with E-state index >= 15 is 0 Å². The lowest BCUT2D eigenvalue weighted by Gasteiger charge is -2.36. The predicted octanol–water partition coefficient (Wildman–Crippen LogP) is 2.68. The van der Waals surface area contributed by atoms with Crippen LogP contribution in [-0.2, 0) is 4.79 Å². The van der Waals surface area contributed by atoms with Crippen molar-refractivity contribution in [1.29, 1.82) is 0 Å². The van der Waals surface area contributed by atoms with E-state index in [0.717, 1.165) is 30.4 Å². The number of halogens is 1. The molecule has 0 N–H and O–H groups in total. The lowest BCUT2D eigenvalue weighted by Crippen LogP contribution is -2.47. The highest BCUT2D eigenvalue weighted by atomic mass is 79.9. The van der Waals surface area contributed by atoms with Gasteiger partial charge in [0.05, 0.1) is 10.2 Å². The monoisotopic (exact) mass is 415 g/mol. The molecular formula is C18H18BrN5O2. The van der Waals surface area contributed by atoms with Crippen molar-refractivity contribution in [3.8, 4) is 0 Å². The average molecular weight is 416 g/mol. The zero-order chi connectivity index (χ0) is 18.1. The van der Waals surface area contributed by atoms with Crippen molar-refractivity contribution in [1.82, 2.24) is 14.9 Å². The summed E-state index contributed by atoms with van der Waals surface area (Å²) in [4.78, 5) is 38.9. The Morgan fingerprint density at radius 1 is 1.00 bits per heavy atom. The smallest absolute Gasteiger partial charge is 0.332 e. The Morgan fingerprint density at radius 3 is 2.31 bits per heavy atom. The van der Waals surface area contributed by atoms with Crippen LogP contribution < -0.4 is 9.80 Å². The quantitative estimate of drug-likeness (QED) is 0.720. The molecule has 0 aliphatic carbocycles. The summed E-state index contributed by atoms with van der Waals surface area (Å²) in [5, 5.41) is 0. The first kappa shape index (κ1) is 17.0. The second-order valence-corrected chi connectivity index (χ2v) is 7.31. The molecule has 3 heterocycles. The van der Waals surface area contributed by atoms with Crippen molar-refractivity contribution in [2.75, 3.05) is 29.4 Å². The van der Waals surface area contributed by atoms with Crippen LogP contribution in [0.4, 0.5) is 16.4 Å². The SMILES string of the molecule is O=C1CN(C2CCN(c3ncc(Br)cn3)CC2)C(=O)N1c1ccccc1. The van der Waals surface area contributed by atoms with Crippen molar-refractivity contribution in [3.63, 3.8) is 0 Å². The first-order valence-corrected chi connectivity index (χ1v) is 9.34. The Balaban J connectivity index is 1.42. The van der Waals surface area contributed by atoms with E-state index < -0.39 is 0 Å². The molecule has 2 aliphatic rings. The van der Waals surface area contributed by atoms with Crippen molar-refractivity contribution in [2.24, 2.45) is 0 Å². The van der Waals surface area contributed by atoms with E-state index in [4.69, 9.17) is 0 Å². The molecule has 0 bridgehead atoms. The van der Waals surface area contributed by atoms with E-state index in [-0.39, 0.29) is 24.5 Å². The van der Waals surface area contributed by atoms with E-state index in [0.29, 0.717) is 11.6 Å². The van der Waals surface area contributed by atoms with Gasteiger partial charge in [0.1, 0.15) is 6.54 Å². The number of para-hydroxylation sites is 1. The van der Waals surface area contributed by atoms with E-state index in [2.05, 4.69) is 30.8 Å². The maximum Gasteiger partial charge on any atom is 0.332 e. The Bertz CT molecular complexity index is 806. The number of hydrogen-bond acceptors (Lipinski definition) is 5. The van der Waals surface area contributed by atoms with E-state index in [1.165, 1.54) is 4.90 Å². The van der Waals surface area contributed by atoms with Gasteiger partial charge in [0.2, 0.25) is 5.95 Å². The molecule has 2 saturated heterocycles. The zero-order valence-electron chi connectivity index (χ0n) is 14.1. The number of carbonyl (C=O) groups is 2. The zero-order valence-corrected chi connectivity index (χ0v) is 15.7. The topological polar surface area (TPSA) is 69.6 Å². The van der Waals surface area contributed by atoms with Gasteiger partial charge in [-0.2, -0.15) is 0 Å². The fourth-order valence-electron chi connectivity index (χ4n) is 3.48. The number of amides is 3.